The number of carbonyl (C=O) groups excluding carboxylic acids is 1. The van der Waals surface area contributed by atoms with Crippen LogP contribution in [0.1, 0.15) is 46.5 Å². The Hall–Kier alpha value is -0.610. The molecule has 1 saturated carbocycles. The normalized spacial score (nSPS) is 19.2. The molecule has 106 valence electrons. The number of hydrogen-bond donors (Lipinski definition) is 2. The van der Waals surface area contributed by atoms with E-state index in [4.69, 9.17) is 5.73 Å². The first-order valence-corrected chi connectivity index (χ1v) is 7.26. The van der Waals surface area contributed by atoms with Crippen molar-refractivity contribution in [2.45, 2.75) is 58.0 Å². The Morgan fingerprint density at radius 3 is 2.28 bits per heavy atom. The number of amides is 1. The maximum absolute atomic E-state index is 12.0. The summed E-state index contributed by atoms with van der Waals surface area (Å²) in [6, 6.07) is 0.529. The molecule has 4 heteroatoms. The van der Waals surface area contributed by atoms with Gasteiger partial charge in [0, 0.05) is 12.6 Å². The number of nitrogens with zero attached hydrogens (tertiary/aromatic N) is 1. The average molecular weight is 255 g/mol. The standard InChI is InChI=1S/C14H29N3O/c1-5-12(6-2)17(4)10-14(13(15)18,16-7-3)11-8-9-11/h11-12,16H,5-10H2,1-4H3,(H2,15,18). The highest BCUT2D eigenvalue weighted by molar-refractivity contribution is 5.86. The maximum atomic E-state index is 12.0. The van der Waals surface area contributed by atoms with Crippen LogP contribution < -0.4 is 11.1 Å². The molecule has 0 saturated heterocycles. The van der Waals surface area contributed by atoms with Crippen molar-refractivity contribution in [3.8, 4) is 0 Å². The van der Waals surface area contributed by atoms with Gasteiger partial charge in [-0.25, -0.2) is 0 Å². The Labute approximate surface area is 111 Å². The molecule has 4 nitrogen and oxygen atoms in total. The van der Waals surface area contributed by atoms with Crippen molar-refractivity contribution in [1.29, 1.82) is 0 Å². The summed E-state index contributed by atoms with van der Waals surface area (Å²) in [4.78, 5) is 14.3. The predicted molar refractivity (Wildman–Crippen MR) is 75.3 cm³/mol. The summed E-state index contributed by atoms with van der Waals surface area (Å²) < 4.78 is 0. The number of carbonyl (C=O) groups is 1. The van der Waals surface area contributed by atoms with Gasteiger partial charge in [-0.3, -0.25) is 4.79 Å². The molecule has 1 fully saturated rings. The smallest absolute Gasteiger partial charge is 0.239 e. The fourth-order valence-corrected chi connectivity index (χ4v) is 3.02. The number of nitrogens with one attached hydrogen (secondary N) is 1. The van der Waals surface area contributed by atoms with Crippen LogP contribution in [0.15, 0.2) is 0 Å². The fraction of sp³-hybridized carbons (Fsp3) is 0.929. The lowest BCUT2D eigenvalue weighted by molar-refractivity contribution is -0.126. The highest BCUT2D eigenvalue weighted by atomic mass is 16.1. The minimum Gasteiger partial charge on any atom is -0.368 e. The van der Waals surface area contributed by atoms with Crippen molar-refractivity contribution >= 4 is 5.91 Å². The van der Waals surface area contributed by atoms with Crippen LogP contribution in [-0.4, -0.2) is 42.5 Å². The van der Waals surface area contributed by atoms with E-state index in [1.807, 2.05) is 6.92 Å². The highest BCUT2D eigenvalue weighted by Gasteiger charge is 2.50. The van der Waals surface area contributed by atoms with Crippen LogP contribution in [0.4, 0.5) is 0 Å². The van der Waals surface area contributed by atoms with Crippen molar-refractivity contribution in [1.82, 2.24) is 10.2 Å². The summed E-state index contributed by atoms with van der Waals surface area (Å²) in [5, 5.41) is 3.38. The van der Waals surface area contributed by atoms with E-state index in [0.29, 0.717) is 12.0 Å². The monoisotopic (exact) mass is 255 g/mol. The summed E-state index contributed by atoms with van der Waals surface area (Å²) in [7, 11) is 2.11. The van der Waals surface area contributed by atoms with Gasteiger partial charge < -0.3 is 16.0 Å². The van der Waals surface area contributed by atoms with Gasteiger partial charge in [0.05, 0.1) is 0 Å². The molecule has 0 spiro atoms. The van der Waals surface area contributed by atoms with E-state index in [-0.39, 0.29) is 5.91 Å². The Morgan fingerprint density at radius 2 is 1.94 bits per heavy atom. The summed E-state index contributed by atoms with van der Waals surface area (Å²) >= 11 is 0. The molecule has 0 heterocycles. The number of primary amides is 1. The lowest BCUT2D eigenvalue weighted by Gasteiger charge is -2.38. The summed E-state index contributed by atoms with van der Waals surface area (Å²) in [6.07, 6.45) is 4.46. The van der Waals surface area contributed by atoms with Gasteiger partial charge in [0.1, 0.15) is 5.54 Å². The largest absolute Gasteiger partial charge is 0.368 e. The topological polar surface area (TPSA) is 58.4 Å². The number of likely N-dealkylation sites (N-methyl/N-ethyl adjacent to an activating group) is 2. The van der Waals surface area contributed by atoms with Crippen LogP contribution >= 0.6 is 0 Å². The third-order valence-electron chi connectivity index (χ3n) is 4.27. The van der Waals surface area contributed by atoms with E-state index in [2.05, 4.69) is 31.1 Å². The van der Waals surface area contributed by atoms with Crippen LogP contribution in [0.3, 0.4) is 0 Å². The lowest BCUT2D eigenvalue weighted by Crippen LogP contribution is -2.63. The van der Waals surface area contributed by atoms with E-state index < -0.39 is 5.54 Å². The first kappa shape index (κ1) is 15.4. The second-order valence-corrected chi connectivity index (χ2v) is 5.53. The molecular weight excluding hydrogens is 226 g/mol. The molecule has 1 rings (SSSR count). The van der Waals surface area contributed by atoms with Crippen molar-refractivity contribution < 1.29 is 4.79 Å². The Morgan fingerprint density at radius 1 is 1.39 bits per heavy atom. The number of rotatable bonds is 9. The van der Waals surface area contributed by atoms with E-state index in [1.54, 1.807) is 0 Å². The highest BCUT2D eigenvalue weighted by Crippen LogP contribution is 2.40. The average Bonchev–Trinajstić information content (AvgIpc) is 3.13. The molecule has 1 atom stereocenters. The third-order valence-corrected chi connectivity index (χ3v) is 4.27. The lowest BCUT2D eigenvalue weighted by atomic mass is 9.90. The second-order valence-electron chi connectivity index (χ2n) is 5.53. The SMILES string of the molecule is CCNC(CN(C)C(CC)CC)(C(N)=O)C1CC1. The van der Waals surface area contributed by atoms with Crippen LogP contribution in [0, 0.1) is 5.92 Å². The maximum Gasteiger partial charge on any atom is 0.239 e. The van der Waals surface area contributed by atoms with Crippen LogP contribution in [-0.2, 0) is 4.79 Å². The quantitative estimate of drug-likeness (QED) is 0.654. The van der Waals surface area contributed by atoms with Crippen molar-refractivity contribution in [3.05, 3.63) is 0 Å². The van der Waals surface area contributed by atoms with E-state index in [1.165, 1.54) is 0 Å². The van der Waals surface area contributed by atoms with Gasteiger partial charge in [-0.05, 0) is 45.2 Å². The molecule has 0 aliphatic heterocycles. The molecule has 0 aromatic rings. The molecule has 0 bridgehead atoms. The van der Waals surface area contributed by atoms with Gasteiger partial charge >= 0.3 is 0 Å². The molecular formula is C14H29N3O. The summed E-state index contributed by atoms with van der Waals surface area (Å²) in [6.45, 7) is 7.95. The van der Waals surface area contributed by atoms with E-state index >= 15 is 0 Å². The molecule has 1 amide bonds. The summed E-state index contributed by atoms with van der Waals surface area (Å²) in [5.41, 5.74) is 5.18. The van der Waals surface area contributed by atoms with E-state index in [0.717, 1.165) is 38.8 Å². The molecule has 0 aromatic heterocycles. The Balaban J connectivity index is 2.80. The van der Waals surface area contributed by atoms with Crippen LogP contribution in [0.25, 0.3) is 0 Å². The van der Waals surface area contributed by atoms with Crippen molar-refractivity contribution in [2.24, 2.45) is 11.7 Å². The Kier molecular flexibility index (Phi) is 5.60. The zero-order valence-electron chi connectivity index (χ0n) is 12.3. The first-order chi connectivity index (χ1) is 8.51. The van der Waals surface area contributed by atoms with Crippen molar-refractivity contribution in [2.75, 3.05) is 20.1 Å². The van der Waals surface area contributed by atoms with Gasteiger partial charge in [0.15, 0.2) is 0 Å². The van der Waals surface area contributed by atoms with Gasteiger partial charge in [-0.15, -0.1) is 0 Å². The first-order valence-electron chi connectivity index (χ1n) is 7.26. The van der Waals surface area contributed by atoms with Gasteiger partial charge in [-0.1, -0.05) is 20.8 Å². The second kappa shape index (κ2) is 6.53. The van der Waals surface area contributed by atoms with Gasteiger partial charge in [0.25, 0.3) is 0 Å². The molecule has 1 aliphatic rings. The third kappa shape index (κ3) is 3.23. The number of hydrogen-bond acceptors (Lipinski definition) is 3. The Bertz CT molecular complexity index is 274. The minimum absolute atomic E-state index is 0.190. The number of nitrogens with two attached hydrogens (primary N) is 1. The molecule has 0 radical (unpaired) electrons. The molecule has 0 aromatic carbocycles. The fourth-order valence-electron chi connectivity index (χ4n) is 3.02. The zero-order chi connectivity index (χ0) is 13.8. The minimum atomic E-state index is -0.522. The van der Waals surface area contributed by atoms with Gasteiger partial charge in [-0.2, -0.15) is 0 Å². The zero-order valence-corrected chi connectivity index (χ0v) is 12.3. The molecule has 1 unspecified atom stereocenters. The van der Waals surface area contributed by atoms with Crippen LogP contribution in [0.2, 0.25) is 0 Å². The molecule has 1 aliphatic carbocycles. The molecule has 18 heavy (non-hydrogen) atoms. The van der Waals surface area contributed by atoms with E-state index in [9.17, 15) is 4.79 Å². The molecule has 3 N–H and O–H groups in total. The van der Waals surface area contributed by atoms with Crippen molar-refractivity contribution in [3.63, 3.8) is 0 Å². The summed E-state index contributed by atoms with van der Waals surface area (Å²) in [5.74, 6) is 0.233. The van der Waals surface area contributed by atoms with Gasteiger partial charge in [0.2, 0.25) is 5.91 Å². The predicted octanol–water partition coefficient (Wildman–Crippen LogP) is 1.35. The van der Waals surface area contributed by atoms with Crippen LogP contribution in [0.5, 0.6) is 0 Å².